The molecule has 0 aliphatic carbocycles. The quantitative estimate of drug-likeness (QED) is 0.567. The molecule has 0 aliphatic rings. The zero-order valence-corrected chi connectivity index (χ0v) is 15.3. The van der Waals surface area contributed by atoms with Crippen LogP contribution in [-0.2, 0) is 11.3 Å². The fourth-order valence-electron chi connectivity index (χ4n) is 2.47. The molecule has 3 rings (SSSR count). The van der Waals surface area contributed by atoms with Crippen molar-refractivity contribution in [3.63, 3.8) is 0 Å². The van der Waals surface area contributed by atoms with Gasteiger partial charge in [-0.3, -0.25) is 4.98 Å². The molecule has 28 heavy (non-hydrogen) atoms. The molecule has 0 spiro atoms. The number of pyridine rings is 1. The summed E-state index contributed by atoms with van der Waals surface area (Å²) in [6.07, 6.45) is 3.37. The van der Waals surface area contributed by atoms with Crippen LogP contribution in [0.25, 0.3) is 0 Å². The van der Waals surface area contributed by atoms with Crippen LogP contribution in [0.15, 0.2) is 73.1 Å². The van der Waals surface area contributed by atoms with Crippen molar-refractivity contribution in [3.05, 3.63) is 84.2 Å². The van der Waals surface area contributed by atoms with E-state index in [4.69, 9.17) is 0 Å². The monoisotopic (exact) mass is 376 g/mol. The number of rotatable bonds is 6. The van der Waals surface area contributed by atoms with Gasteiger partial charge in [-0.1, -0.05) is 0 Å². The molecule has 3 aromatic rings. The van der Waals surface area contributed by atoms with E-state index in [1.165, 1.54) is 7.11 Å². The second kappa shape index (κ2) is 9.18. The minimum absolute atomic E-state index is 0.282. The van der Waals surface area contributed by atoms with Crippen LogP contribution in [-0.4, -0.2) is 24.1 Å². The van der Waals surface area contributed by atoms with E-state index in [2.05, 4.69) is 25.7 Å². The van der Waals surface area contributed by atoms with Crippen LogP contribution in [0.5, 0.6) is 0 Å². The van der Waals surface area contributed by atoms with Crippen molar-refractivity contribution in [1.82, 2.24) is 10.3 Å². The van der Waals surface area contributed by atoms with Crippen molar-refractivity contribution in [2.75, 3.05) is 17.7 Å². The Hall–Kier alpha value is -3.87. The lowest BCUT2D eigenvalue weighted by atomic mass is 10.2. The average Bonchev–Trinajstić information content (AvgIpc) is 2.74. The summed E-state index contributed by atoms with van der Waals surface area (Å²) in [6, 6.07) is 17.7. The molecule has 0 saturated carbocycles. The number of nitrogens with one attached hydrogen (secondary N) is 3. The predicted octanol–water partition coefficient (Wildman–Crippen LogP) is 3.93. The Morgan fingerprint density at radius 2 is 1.43 bits per heavy atom. The maximum absolute atomic E-state index is 12.0. The average molecular weight is 376 g/mol. The lowest BCUT2D eigenvalue weighted by molar-refractivity contribution is 0.0600. The highest BCUT2D eigenvalue weighted by Crippen LogP contribution is 2.19. The van der Waals surface area contributed by atoms with Crippen molar-refractivity contribution in [2.45, 2.75) is 6.54 Å². The summed E-state index contributed by atoms with van der Waals surface area (Å²) in [5.41, 5.74) is 3.84. The number of amides is 2. The molecule has 0 bridgehead atoms. The van der Waals surface area contributed by atoms with E-state index in [-0.39, 0.29) is 12.0 Å². The maximum atomic E-state index is 12.0. The van der Waals surface area contributed by atoms with Gasteiger partial charge in [0.1, 0.15) is 0 Å². The lowest BCUT2D eigenvalue weighted by Crippen LogP contribution is -2.28. The first-order valence-electron chi connectivity index (χ1n) is 8.63. The number of aromatic nitrogens is 1. The van der Waals surface area contributed by atoms with Gasteiger partial charge in [-0.05, 0) is 66.2 Å². The molecule has 0 saturated heterocycles. The summed E-state index contributed by atoms with van der Waals surface area (Å²) in [4.78, 5) is 27.4. The second-order valence-corrected chi connectivity index (χ2v) is 5.93. The number of hydrogen-bond donors (Lipinski definition) is 3. The van der Waals surface area contributed by atoms with Gasteiger partial charge in [0.25, 0.3) is 0 Å². The summed E-state index contributed by atoms with van der Waals surface area (Å²) in [5, 5.41) is 8.80. The molecule has 0 radical (unpaired) electrons. The zero-order valence-electron chi connectivity index (χ0n) is 15.3. The highest BCUT2D eigenvalue weighted by Gasteiger charge is 2.05. The van der Waals surface area contributed by atoms with E-state index in [0.717, 1.165) is 16.9 Å². The van der Waals surface area contributed by atoms with Gasteiger partial charge in [0.15, 0.2) is 0 Å². The van der Waals surface area contributed by atoms with Gasteiger partial charge < -0.3 is 20.7 Å². The van der Waals surface area contributed by atoms with Gasteiger partial charge in [-0.25, -0.2) is 9.59 Å². The summed E-state index contributed by atoms with van der Waals surface area (Å²) >= 11 is 0. The number of nitrogens with zero attached hydrogens (tertiary/aromatic N) is 1. The standard InChI is InChI=1S/C21H20N4O3/c1-28-20(26)16-2-4-17(5-3-16)24-18-6-8-19(9-7-18)25-21(27)23-14-15-10-12-22-13-11-15/h2-13,24H,14H2,1H3,(H2,23,25,27). The molecule has 0 fully saturated rings. The third-order valence-electron chi connectivity index (χ3n) is 3.94. The van der Waals surface area contributed by atoms with Crippen LogP contribution >= 0.6 is 0 Å². The van der Waals surface area contributed by atoms with Crippen LogP contribution in [0.3, 0.4) is 0 Å². The number of methoxy groups -OCH3 is 1. The van der Waals surface area contributed by atoms with Gasteiger partial charge in [0.2, 0.25) is 0 Å². The lowest BCUT2D eigenvalue weighted by Gasteiger charge is -2.10. The first kappa shape index (κ1) is 18.9. The molecule has 1 aromatic heterocycles. The fourth-order valence-corrected chi connectivity index (χ4v) is 2.47. The fraction of sp³-hybridized carbons (Fsp3) is 0.0952. The number of carbonyl (C=O) groups excluding carboxylic acids is 2. The van der Waals surface area contributed by atoms with Crippen molar-refractivity contribution < 1.29 is 14.3 Å². The Morgan fingerprint density at radius 3 is 2.04 bits per heavy atom. The number of urea groups is 1. The molecule has 2 aromatic carbocycles. The summed E-state index contributed by atoms with van der Waals surface area (Å²) in [5.74, 6) is -0.371. The third kappa shape index (κ3) is 5.31. The summed E-state index contributed by atoms with van der Waals surface area (Å²) < 4.78 is 4.68. The van der Waals surface area contributed by atoms with Crippen LogP contribution in [0.4, 0.5) is 21.9 Å². The van der Waals surface area contributed by atoms with E-state index >= 15 is 0 Å². The first-order valence-corrected chi connectivity index (χ1v) is 8.63. The molecule has 3 N–H and O–H groups in total. The van der Waals surface area contributed by atoms with Crippen LogP contribution in [0.2, 0.25) is 0 Å². The molecule has 2 amide bonds. The molecule has 0 unspecified atom stereocenters. The number of carbonyl (C=O) groups is 2. The van der Waals surface area contributed by atoms with E-state index in [9.17, 15) is 9.59 Å². The highest BCUT2D eigenvalue weighted by atomic mass is 16.5. The minimum atomic E-state index is -0.371. The topological polar surface area (TPSA) is 92.4 Å². The Morgan fingerprint density at radius 1 is 0.857 bits per heavy atom. The van der Waals surface area contributed by atoms with E-state index in [1.807, 2.05) is 24.3 Å². The van der Waals surface area contributed by atoms with Crippen molar-refractivity contribution in [2.24, 2.45) is 0 Å². The smallest absolute Gasteiger partial charge is 0.337 e. The Balaban J connectivity index is 1.51. The Labute approximate surface area is 162 Å². The van der Waals surface area contributed by atoms with Gasteiger partial charge >= 0.3 is 12.0 Å². The van der Waals surface area contributed by atoms with Crippen molar-refractivity contribution in [1.29, 1.82) is 0 Å². The van der Waals surface area contributed by atoms with Gasteiger partial charge in [-0.15, -0.1) is 0 Å². The first-order chi connectivity index (χ1) is 13.6. The van der Waals surface area contributed by atoms with E-state index < -0.39 is 0 Å². The summed E-state index contributed by atoms with van der Waals surface area (Å²) in [6.45, 7) is 0.426. The number of anilines is 3. The molecule has 1 heterocycles. The third-order valence-corrected chi connectivity index (χ3v) is 3.94. The number of esters is 1. The molecule has 7 nitrogen and oxygen atoms in total. The van der Waals surface area contributed by atoms with E-state index in [0.29, 0.717) is 17.8 Å². The SMILES string of the molecule is COC(=O)c1ccc(Nc2ccc(NC(=O)NCc3ccncc3)cc2)cc1. The molecule has 142 valence electrons. The minimum Gasteiger partial charge on any atom is -0.465 e. The molecule has 0 aliphatic heterocycles. The molecular weight excluding hydrogens is 356 g/mol. The molecule has 7 heteroatoms. The highest BCUT2D eigenvalue weighted by molar-refractivity contribution is 5.90. The van der Waals surface area contributed by atoms with Gasteiger partial charge in [0.05, 0.1) is 12.7 Å². The molecular formula is C21H20N4O3. The second-order valence-electron chi connectivity index (χ2n) is 5.93. The van der Waals surface area contributed by atoms with Crippen LogP contribution < -0.4 is 16.0 Å². The van der Waals surface area contributed by atoms with Crippen LogP contribution in [0.1, 0.15) is 15.9 Å². The molecule has 0 atom stereocenters. The van der Waals surface area contributed by atoms with Crippen LogP contribution in [0, 0.1) is 0 Å². The number of ether oxygens (including phenoxy) is 1. The van der Waals surface area contributed by atoms with Gasteiger partial charge in [0, 0.05) is 36.0 Å². The Bertz CT molecular complexity index is 926. The normalized spacial score (nSPS) is 10.0. The van der Waals surface area contributed by atoms with Gasteiger partial charge in [-0.2, -0.15) is 0 Å². The Kier molecular flexibility index (Phi) is 6.20. The van der Waals surface area contributed by atoms with Crippen molar-refractivity contribution in [3.8, 4) is 0 Å². The zero-order chi connectivity index (χ0) is 19.8. The number of benzene rings is 2. The maximum Gasteiger partial charge on any atom is 0.337 e. The van der Waals surface area contributed by atoms with Crippen molar-refractivity contribution >= 4 is 29.1 Å². The van der Waals surface area contributed by atoms with E-state index in [1.54, 1.807) is 48.8 Å². The summed E-state index contributed by atoms with van der Waals surface area (Å²) in [7, 11) is 1.35. The predicted molar refractivity (Wildman–Crippen MR) is 108 cm³/mol. The largest absolute Gasteiger partial charge is 0.465 e. The number of hydrogen-bond acceptors (Lipinski definition) is 5.